The van der Waals surface area contributed by atoms with Gasteiger partial charge in [-0.1, -0.05) is 6.08 Å². The van der Waals surface area contributed by atoms with Gasteiger partial charge in [-0.15, -0.1) is 12.4 Å². The molecule has 0 amide bonds. The van der Waals surface area contributed by atoms with Gasteiger partial charge < -0.3 is 10.5 Å². The summed E-state index contributed by atoms with van der Waals surface area (Å²) < 4.78 is 4.56. The molecular weight excluding hydrogens is 154 g/mol. The average Bonchev–Trinajstić information content (AvgIpc) is 1.85. The maximum absolute atomic E-state index is 10.4. The van der Waals surface area contributed by atoms with Gasteiger partial charge in [-0.25, -0.2) is 4.79 Å². The molecule has 0 unspecified atom stereocenters. The molecule has 0 aliphatic carbocycles. The molecule has 0 atom stereocenters. The standard InChI is InChI=1S/C6H11NO2.ClH/c1-2-9-6(8)4-3-5-7;/h3-4H,2,5,7H2,1H3;1H/b4-3+;. The largest absolute Gasteiger partial charge is 0.463 e. The lowest BCUT2D eigenvalue weighted by Gasteiger charge is -1.92. The van der Waals surface area contributed by atoms with E-state index in [2.05, 4.69) is 4.74 Å². The first-order valence-corrected chi connectivity index (χ1v) is 2.84. The number of carbonyl (C=O) groups is 1. The predicted molar refractivity (Wildman–Crippen MR) is 42.1 cm³/mol. The molecule has 0 saturated carbocycles. The molecule has 0 aliphatic heterocycles. The summed E-state index contributed by atoms with van der Waals surface area (Å²) in [7, 11) is 0. The third-order valence-electron chi connectivity index (χ3n) is 0.677. The molecule has 2 N–H and O–H groups in total. The molecule has 10 heavy (non-hydrogen) atoms. The molecule has 0 radical (unpaired) electrons. The minimum Gasteiger partial charge on any atom is -0.463 e. The Labute approximate surface area is 66.6 Å². The highest BCUT2D eigenvalue weighted by Gasteiger charge is 1.89. The number of ether oxygens (including phenoxy) is 1. The van der Waals surface area contributed by atoms with Gasteiger partial charge in [0.15, 0.2) is 0 Å². The SMILES string of the molecule is CCOC(=O)/C=C/CN.Cl. The smallest absolute Gasteiger partial charge is 0.330 e. The summed E-state index contributed by atoms with van der Waals surface area (Å²) in [5, 5.41) is 0. The molecule has 0 aromatic rings. The molecule has 0 heterocycles. The first kappa shape index (κ1) is 12.2. The Bertz CT molecular complexity index is 114. The lowest BCUT2D eigenvalue weighted by Crippen LogP contribution is -2.01. The van der Waals surface area contributed by atoms with Crippen LogP contribution in [0.3, 0.4) is 0 Å². The molecule has 4 heteroatoms. The van der Waals surface area contributed by atoms with Crippen LogP contribution in [0.5, 0.6) is 0 Å². The van der Waals surface area contributed by atoms with E-state index < -0.39 is 0 Å². The summed E-state index contributed by atoms with van der Waals surface area (Å²) >= 11 is 0. The molecule has 0 aromatic carbocycles. The third-order valence-corrected chi connectivity index (χ3v) is 0.677. The van der Waals surface area contributed by atoms with Gasteiger partial charge in [0, 0.05) is 12.6 Å². The molecule has 0 fully saturated rings. The Morgan fingerprint density at radius 2 is 2.30 bits per heavy atom. The van der Waals surface area contributed by atoms with E-state index in [9.17, 15) is 4.79 Å². The van der Waals surface area contributed by atoms with Crippen LogP contribution in [0.25, 0.3) is 0 Å². The predicted octanol–water partition coefficient (Wildman–Crippen LogP) is 0.486. The number of hydrogen-bond donors (Lipinski definition) is 1. The minimum atomic E-state index is -0.331. The molecule has 0 rings (SSSR count). The van der Waals surface area contributed by atoms with Crippen molar-refractivity contribution in [3.05, 3.63) is 12.2 Å². The lowest BCUT2D eigenvalue weighted by molar-refractivity contribution is -0.137. The van der Waals surface area contributed by atoms with Gasteiger partial charge in [-0.2, -0.15) is 0 Å². The maximum atomic E-state index is 10.4. The highest BCUT2D eigenvalue weighted by Crippen LogP contribution is 1.78. The number of carbonyl (C=O) groups excluding carboxylic acids is 1. The summed E-state index contributed by atoms with van der Waals surface area (Å²) in [5.41, 5.74) is 5.08. The van der Waals surface area contributed by atoms with E-state index in [1.165, 1.54) is 6.08 Å². The fourth-order valence-electron chi connectivity index (χ4n) is 0.355. The fraction of sp³-hybridized carbons (Fsp3) is 0.500. The zero-order valence-corrected chi connectivity index (χ0v) is 6.69. The summed E-state index contributed by atoms with van der Waals surface area (Å²) in [4.78, 5) is 10.4. The Balaban J connectivity index is 0. The van der Waals surface area contributed by atoms with Crippen molar-refractivity contribution in [1.82, 2.24) is 0 Å². The number of halogens is 1. The van der Waals surface area contributed by atoms with Crippen molar-refractivity contribution < 1.29 is 9.53 Å². The molecule has 0 aromatic heterocycles. The highest BCUT2D eigenvalue weighted by molar-refractivity contribution is 5.85. The summed E-state index contributed by atoms with van der Waals surface area (Å²) in [6.45, 7) is 2.54. The van der Waals surface area contributed by atoms with Gasteiger partial charge in [0.05, 0.1) is 6.61 Å². The van der Waals surface area contributed by atoms with Crippen molar-refractivity contribution in [2.24, 2.45) is 5.73 Å². The first-order valence-electron chi connectivity index (χ1n) is 2.84. The molecular formula is C6H12ClNO2. The van der Waals surface area contributed by atoms with Gasteiger partial charge in [-0.3, -0.25) is 0 Å². The van der Waals surface area contributed by atoms with Crippen molar-refractivity contribution in [3.63, 3.8) is 0 Å². The van der Waals surface area contributed by atoms with Crippen molar-refractivity contribution >= 4 is 18.4 Å². The topological polar surface area (TPSA) is 52.3 Å². The monoisotopic (exact) mass is 165 g/mol. The summed E-state index contributed by atoms with van der Waals surface area (Å²) in [6.07, 6.45) is 2.88. The second-order valence-electron chi connectivity index (χ2n) is 1.39. The zero-order chi connectivity index (χ0) is 7.11. The van der Waals surface area contributed by atoms with Gasteiger partial charge in [0.2, 0.25) is 0 Å². The van der Waals surface area contributed by atoms with E-state index in [4.69, 9.17) is 5.73 Å². The quantitative estimate of drug-likeness (QED) is 0.489. The summed E-state index contributed by atoms with van der Waals surface area (Å²) in [6, 6.07) is 0. The number of nitrogens with two attached hydrogens (primary N) is 1. The van der Waals surface area contributed by atoms with Crippen LogP contribution in [0.15, 0.2) is 12.2 Å². The molecule has 3 nitrogen and oxygen atoms in total. The Morgan fingerprint density at radius 1 is 1.70 bits per heavy atom. The van der Waals surface area contributed by atoms with E-state index in [1.807, 2.05) is 0 Å². The number of hydrogen-bond acceptors (Lipinski definition) is 3. The highest BCUT2D eigenvalue weighted by atomic mass is 35.5. The summed E-state index contributed by atoms with van der Waals surface area (Å²) in [5.74, 6) is -0.331. The Morgan fingerprint density at radius 3 is 2.70 bits per heavy atom. The average molecular weight is 166 g/mol. The van der Waals surface area contributed by atoms with Crippen molar-refractivity contribution in [1.29, 1.82) is 0 Å². The van der Waals surface area contributed by atoms with E-state index in [-0.39, 0.29) is 18.4 Å². The van der Waals surface area contributed by atoms with Crippen LogP contribution < -0.4 is 5.73 Å². The van der Waals surface area contributed by atoms with Crippen LogP contribution >= 0.6 is 12.4 Å². The van der Waals surface area contributed by atoms with Crippen LogP contribution in [-0.2, 0) is 9.53 Å². The van der Waals surface area contributed by atoms with E-state index in [0.717, 1.165) is 0 Å². The van der Waals surface area contributed by atoms with Gasteiger partial charge in [0.25, 0.3) is 0 Å². The minimum absolute atomic E-state index is 0. The number of esters is 1. The van der Waals surface area contributed by atoms with E-state index in [0.29, 0.717) is 13.2 Å². The van der Waals surface area contributed by atoms with Gasteiger partial charge >= 0.3 is 5.97 Å². The van der Waals surface area contributed by atoms with E-state index in [1.54, 1.807) is 13.0 Å². The van der Waals surface area contributed by atoms with Gasteiger partial charge in [0.1, 0.15) is 0 Å². The van der Waals surface area contributed by atoms with Crippen molar-refractivity contribution in [2.45, 2.75) is 6.92 Å². The third kappa shape index (κ3) is 7.46. The van der Waals surface area contributed by atoms with Crippen LogP contribution in [0.4, 0.5) is 0 Å². The molecule has 0 saturated heterocycles. The molecule has 60 valence electrons. The zero-order valence-electron chi connectivity index (χ0n) is 5.87. The van der Waals surface area contributed by atoms with Crippen LogP contribution in [0.1, 0.15) is 6.92 Å². The first-order chi connectivity index (χ1) is 4.31. The second kappa shape index (κ2) is 8.46. The molecule has 0 bridgehead atoms. The van der Waals surface area contributed by atoms with Crippen LogP contribution in [0.2, 0.25) is 0 Å². The number of rotatable bonds is 3. The normalized spacial score (nSPS) is 9.00. The Hall–Kier alpha value is -0.540. The molecule has 0 spiro atoms. The Kier molecular flexibility index (Phi) is 10.3. The van der Waals surface area contributed by atoms with Crippen molar-refractivity contribution in [2.75, 3.05) is 13.2 Å². The van der Waals surface area contributed by atoms with Crippen molar-refractivity contribution in [3.8, 4) is 0 Å². The second-order valence-corrected chi connectivity index (χ2v) is 1.39. The fourth-order valence-corrected chi connectivity index (χ4v) is 0.355. The van der Waals surface area contributed by atoms with E-state index >= 15 is 0 Å². The van der Waals surface area contributed by atoms with Gasteiger partial charge in [-0.05, 0) is 6.92 Å². The molecule has 0 aliphatic rings. The maximum Gasteiger partial charge on any atom is 0.330 e. The van der Waals surface area contributed by atoms with Crippen LogP contribution in [-0.4, -0.2) is 19.1 Å². The van der Waals surface area contributed by atoms with Crippen LogP contribution in [0, 0.1) is 0 Å². The lowest BCUT2D eigenvalue weighted by atomic mass is 10.5.